The summed E-state index contributed by atoms with van der Waals surface area (Å²) in [6.45, 7) is 5.93. The Morgan fingerprint density at radius 3 is 3.00 bits per heavy atom. The molecule has 6 nitrogen and oxygen atoms in total. The number of fused-ring (bicyclic) bond motifs is 1. The molecular weight excluding hydrogens is 244 g/mol. The fourth-order valence-electron chi connectivity index (χ4n) is 1.66. The van der Waals surface area contributed by atoms with Crippen LogP contribution in [0.15, 0.2) is 29.8 Å². The number of carbonyl (C=O) groups excluding carboxylic acids is 1. The molecule has 2 heterocycles. The minimum atomic E-state index is -0.195. The van der Waals surface area contributed by atoms with Crippen molar-refractivity contribution in [3.8, 4) is 0 Å². The highest BCUT2D eigenvalue weighted by atomic mass is 16.5. The number of hydrogen-bond donors (Lipinski definition) is 2. The number of carbonyl (C=O) groups is 1. The second-order valence-electron chi connectivity index (χ2n) is 4.06. The van der Waals surface area contributed by atoms with Gasteiger partial charge in [-0.1, -0.05) is 0 Å². The maximum absolute atomic E-state index is 12.1. The Labute approximate surface area is 110 Å². The van der Waals surface area contributed by atoms with Gasteiger partial charge in [0, 0.05) is 6.20 Å². The van der Waals surface area contributed by atoms with Crippen LogP contribution in [-0.2, 0) is 9.53 Å². The van der Waals surface area contributed by atoms with Crippen LogP contribution in [0.4, 0.5) is 5.69 Å². The highest BCUT2D eigenvalue weighted by Gasteiger charge is 2.11. The number of nitrogens with zero attached hydrogens (tertiary/aromatic N) is 2. The molecule has 6 heteroatoms. The molecule has 0 saturated heterocycles. The molecule has 0 radical (unpaired) electrons. The van der Waals surface area contributed by atoms with E-state index in [1.807, 2.05) is 6.92 Å². The lowest BCUT2D eigenvalue weighted by atomic mass is 10.2. The van der Waals surface area contributed by atoms with Crippen molar-refractivity contribution in [3.05, 3.63) is 29.8 Å². The summed E-state index contributed by atoms with van der Waals surface area (Å²) in [7, 11) is 0. The summed E-state index contributed by atoms with van der Waals surface area (Å²) < 4.78 is 5.32. The molecule has 0 aliphatic heterocycles. The molecule has 0 spiro atoms. The fraction of sp³-hybridized carbons (Fsp3) is 0.308. The SMILES string of the molecule is CCO/C(C)=C(/C)C(=O)Nc1ccnc2[nH]ncc12. The van der Waals surface area contributed by atoms with Crippen molar-refractivity contribution in [1.29, 1.82) is 0 Å². The van der Waals surface area contributed by atoms with Crippen LogP contribution in [0.3, 0.4) is 0 Å². The van der Waals surface area contributed by atoms with E-state index in [4.69, 9.17) is 4.74 Å². The third-order valence-corrected chi connectivity index (χ3v) is 2.83. The number of anilines is 1. The Balaban J connectivity index is 2.24. The summed E-state index contributed by atoms with van der Waals surface area (Å²) in [6.07, 6.45) is 3.25. The maximum atomic E-state index is 12.1. The van der Waals surface area contributed by atoms with Gasteiger partial charge in [0.05, 0.1) is 29.5 Å². The summed E-state index contributed by atoms with van der Waals surface area (Å²) in [5, 5.41) is 10.3. The second-order valence-corrected chi connectivity index (χ2v) is 4.06. The molecule has 2 rings (SSSR count). The number of H-pyrrole nitrogens is 1. The van der Waals surface area contributed by atoms with Crippen LogP contribution in [-0.4, -0.2) is 27.7 Å². The van der Waals surface area contributed by atoms with E-state index < -0.39 is 0 Å². The number of amides is 1. The zero-order chi connectivity index (χ0) is 13.8. The Bertz CT molecular complexity index is 630. The standard InChI is InChI=1S/C13H16N4O2/c1-4-19-9(3)8(2)13(18)16-11-5-6-14-12-10(11)7-15-17-12/h5-7H,4H2,1-3H3,(H2,14,15,16,17,18)/b9-8-. The van der Waals surface area contributed by atoms with E-state index in [0.29, 0.717) is 29.3 Å². The highest BCUT2D eigenvalue weighted by molar-refractivity contribution is 6.07. The Morgan fingerprint density at radius 1 is 1.47 bits per heavy atom. The molecule has 0 atom stereocenters. The first kappa shape index (κ1) is 13.1. The number of rotatable bonds is 4. The number of hydrogen-bond acceptors (Lipinski definition) is 4. The van der Waals surface area contributed by atoms with Crippen molar-refractivity contribution in [2.24, 2.45) is 0 Å². The van der Waals surface area contributed by atoms with Crippen LogP contribution in [0, 0.1) is 0 Å². The molecule has 0 fully saturated rings. The van der Waals surface area contributed by atoms with Crippen LogP contribution in [0.25, 0.3) is 11.0 Å². The minimum absolute atomic E-state index is 0.195. The molecule has 2 N–H and O–H groups in total. The first-order chi connectivity index (χ1) is 9.13. The second kappa shape index (κ2) is 5.51. The molecular formula is C13H16N4O2. The van der Waals surface area contributed by atoms with Gasteiger partial charge >= 0.3 is 0 Å². The number of aromatic nitrogens is 3. The number of nitrogens with one attached hydrogen (secondary N) is 2. The van der Waals surface area contributed by atoms with E-state index in [1.54, 1.807) is 32.3 Å². The lowest BCUT2D eigenvalue weighted by Gasteiger charge is -2.09. The average molecular weight is 260 g/mol. The van der Waals surface area contributed by atoms with Gasteiger partial charge in [-0.3, -0.25) is 9.89 Å². The van der Waals surface area contributed by atoms with Crippen LogP contribution >= 0.6 is 0 Å². The van der Waals surface area contributed by atoms with E-state index in [0.717, 1.165) is 5.39 Å². The summed E-state index contributed by atoms with van der Waals surface area (Å²) in [4.78, 5) is 16.2. The summed E-state index contributed by atoms with van der Waals surface area (Å²) >= 11 is 0. The quantitative estimate of drug-likeness (QED) is 0.652. The van der Waals surface area contributed by atoms with Gasteiger partial charge in [-0.25, -0.2) is 4.98 Å². The van der Waals surface area contributed by atoms with Gasteiger partial charge in [0.25, 0.3) is 5.91 Å². The number of pyridine rings is 1. The highest BCUT2D eigenvalue weighted by Crippen LogP contribution is 2.20. The smallest absolute Gasteiger partial charge is 0.254 e. The molecule has 2 aromatic heterocycles. The van der Waals surface area contributed by atoms with Crippen molar-refractivity contribution in [2.45, 2.75) is 20.8 Å². The molecule has 0 saturated carbocycles. The third kappa shape index (κ3) is 2.73. The van der Waals surface area contributed by atoms with E-state index in [9.17, 15) is 4.79 Å². The number of ether oxygens (including phenoxy) is 1. The Kier molecular flexibility index (Phi) is 3.79. The van der Waals surface area contributed by atoms with E-state index >= 15 is 0 Å². The van der Waals surface area contributed by atoms with Gasteiger partial charge in [-0.05, 0) is 26.8 Å². The summed E-state index contributed by atoms with van der Waals surface area (Å²) in [6, 6.07) is 1.74. The molecule has 0 aliphatic carbocycles. The average Bonchev–Trinajstić information content (AvgIpc) is 2.87. The van der Waals surface area contributed by atoms with Gasteiger partial charge < -0.3 is 10.1 Å². The largest absolute Gasteiger partial charge is 0.498 e. The molecule has 0 aliphatic rings. The van der Waals surface area contributed by atoms with Gasteiger partial charge in [0.1, 0.15) is 5.76 Å². The van der Waals surface area contributed by atoms with Crippen LogP contribution in [0.2, 0.25) is 0 Å². The predicted molar refractivity (Wildman–Crippen MR) is 72.5 cm³/mol. The maximum Gasteiger partial charge on any atom is 0.254 e. The van der Waals surface area contributed by atoms with Crippen LogP contribution in [0.5, 0.6) is 0 Å². The number of allylic oxidation sites excluding steroid dienone is 1. The van der Waals surface area contributed by atoms with Crippen molar-refractivity contribution < 1.29 is 9.53 Å². The van der Waals surface area contributed by atoms with Gasteiger partial charge in [-0.15, -0.1) is 0 Å². The molecule has 0 bridgehead atoms. The normalized spacial score (nSPS) is 12.2. The zero-order valence-electron chi connectivity index (χ0n) is 11.2. The lowest BCUT2D eigenvalue weighted by Crippen LogP contribution is -2.15. The van der Waals surface area contributed by atoms with Crippen molar-refractivity contribution in [1.82, 2.24) is 15.2 Å². The molecule has 100 valence electrons. The van der Waals surface area contributed by atoms with E-state index in [-0.39, 0.29) is 5.91 Å². The van der Waals surface area contributed by atoms with E-state index in [1.165, 1.54) is 0 Å². The molecule has 2 aromatic rings. The molecule has 0 aromatic carbocycles. The molecule has 0 unspecified atom stereocenters. The first-order valence-corrected chi connectivity index (χ1v) is 6.03. The Hall–Kier alpha value is -2.37. The van der Waals surface area contributed by atoms with Gasteiger partial charge in [0.15, 0.2) is 5.65 Å². The van der Waals surface area contributed by atoms with Crippen molar-refractivity contribution in [2.75, 3.05) is 11.9 Å². The topological polar surface area (TPSA) is 79.9 Å². The fourth-order valence-corrected chi connectivity index (χ4v) is 1.66. The van der Waals surface area contributed by atoms with Crippen molar-refractivity contribution in [3.63, 3.8) is 0 Å². The zero-order valence-corrected chi connectivity index (χ0v) is 11.2. The molecule has 1 amide bonds. The monoisotopic (exact) mass is 260 g/mol. The van der Waals surface area contributed by atoms with E-state index in [2.05, 4.69) is 20.5 Å². The summed E-state index contributed by atoms with van der Waals surface area (Å²) in [5.41, 5.74) is 1.86. The number of aromatic amines is 1. The van der Waals surface area contributed by atoms with Crippen LogP contribution < -0.4 is 5.32 Å². The summed E-state index contributed by atoms with van der Waals surface area (Å²) in [5.74, 6) is 0.428. The third-order valence-electron chi connectivity index (χ3n) is 2.83. The Morgan fingerprint density at radius 2 is 2.26 bits per heavy atom. The van der Waals surface area contributed by atoms with Gasteiger partial charge in [0.2, 0.25) is 0 Å². The van der Waals surface area contributed by atoms with Crippen LogP contribution in [0.1, 0.15) is 20.8 Å². The van der Waals surface area contributed by atoms with Crippen molar-refractivity contribution >= 4 is 22.6 Å². The van der Waals surface area contributed by atoms with Gasteiger partial charge in [-0.2, -0.15) is 5.10 Å². The first-order valence-electron chi connectivity index (χ1n) is 6.03. The molecule has 19 heavy (non-hydrogen) atoms. The minimum Gasteiger partial charge on any atom is -0.498 e. The lowest BCUT2D eigenvalue weighted by molar-refractivity contribution is -0.113. The predicted octanol–water partition coefficient (Wildman–Crippen LogP) is 2.23.